The summed E-state index contributed by atoms with van der Waals surface area (Å²) in [5, 5.41) is 1.02. The number of hydrogen-bond acceptors (Lipinski definition) is 3. The third-order valence-electron chi connectivity index (χ3n) is 4.90. The Kier molecular flexibility index (Phi) is 4.13. The van der Waals surface area contributed by atoms with Crippen LogP contribution in [-0.4, -0.2) is 10.8 Å². The number of halogens is 1. The second kappa shape index (κ2) is 6.95. The maximum absolute atomic E-state index is 13.7. The van der Waals surface area contributed by atoms with Crippen molar-refractivity contribution in [3.05, 3.63) is 101 Å². The van der Waals surface area contributed by atoms with Gasteiger partial charge in [0, 0.05) is 34.3 Å². The molecule has 0 fully saturated rings. The highest BCUT2D eigenvalue weighted by Gasteiger charge is 2.28. The van der Waals surface area contributed by atoms with Gasteiger partial charge in [-0.15, -0.1) is 0 Å². The van der Waals surface area contributed by atoms with Gasteiger partial charge in [0.2, 0.25) is 5.78 Å². The highest BCUT2D eigenvalue weighted by molar-refractivity contribution is 6.15. The number of H-pyrrole nitrogens is 1. The number of rotatable bonds is 4. The molecule has 0 saturated heterocycles. The fraction of sp³-hybridized carbons (Fsp3) is 0.0417. The average molecular weight is 385 g/mol. The zero-order valence-corrected chi connectivity index (χ0v) is 15.3. The summed E-state index contributed by atoms with van der Waals surface area (Å²) in [5.41, 5.74) is 2.82. The van der Waals surface area contributed by atoms with E-state index in [1.54, 1.807) is 42.5 Å². The number of Topliss-reactive ketones (excluding diaryl/α,β-unsaturated/α-hetero) is 1. The molecule has 0 aliphatic carbocycles. The van der Waals surface area contributed by atoms with Gasteiger partial charge in [-0.05, 0) is 30.3 Å². The molecular formula is C24H16FNO3. The predicted octanol–water partition coefficient (Wildman–Crippen LogP) is 5.50. The van der Waals surface area contributed by atoms with Crippen LogP contribution < -0.4 is 9.47 Å². The Balaban J connectivity index is 1.39. The van der Waals surface area contributed by atoms with Crippen molar-refractivity contribution in [3.8, 4) is 11.5 Å². The predicted molar refractivity (Wildman–Crippen MR) is 108 cm³/mol. The van der Waals surface area contributed by atoms with Crippen LogP contribution in [0.3, 0.4) is 0 Å². The lowest BCUT2D eigenvalue weighted by Gasteiger charge is -2.08. The number of carbonyl (C=O) groups is 1. The zero-order valence-electron chi connectivity index (χ0n) is 15.3. The first-order chi connectivity index (χ1) is 14.2. The van der Waals surface area contributed by atoms with E-state index >= 15 is 0 Å². The summed E-state index contributed by atoms with van der Waals surface area (Å²) >= 11 is 0. The number of ether oxygens (including phenoxy) is 2. The van der Waals surface area contributed by atoms with Crippen molar-refractivity contribution in [2.75, 3.05) is 0 Å². The van der Waals surface area contributed by atoms with Crippen molar-refractivity contribution < 1.29 is 18.7 Å². The Labute approximate surface area is 166 Å². The molecule has 4 aromatic rings. The van der Waals surface area contributed by atoms with Crippen molar-refractivity contribution in [2.24, 2.45) is 0 Å². The van der Waals surface area contributed by atoms with Gasteiger partial charge in [0.1, 0.15) is 23.9 Å². The van der Waals surface area contributed by atoms with Gasteiger partial charge in [-0.25, -0.2) is 4.39 Å². The largest absolute Gasteiger partial charge is 0.489 e. The van der Waals surface area contributed by atoms with E-state index in [0.717, 1.165) is 16.5 Å². The number of carbonyl (C=O) groups excluding carboxylic acids is 1. The van der Waals surface area contributed by atoms with Crippen molar-refractivity contribution in [2.45, 2.75) is 6.61 Å². The number of hydrogen-bond donors (Lipinski definition) is 1. The van der Waals surface area contributed by atoms with Crippen LogP contribution in [0.25, 0.3) is 17.0 Å². The molecule has 5 heteroatoms. The SMILES string of the molecule is O=C1C(=Cc2c[nH]c3ccccc23)Oc2cc(OCc3ccccc3F)ccc21. The van der Waals surface area contributed by atoms with E-state index in [0.29, 0.717) is 22.6 Å². The molecule has 0 atom stereocenters. The molecule has 3 aromatic carbocycles. The van der Waals surface area contributed by atoms with E-state index in [1.165, 1.54) is 6.07 Å². The van der Waals surface area contributed by atoms with Crippen LogP contribution in [0.1, 0.15) is 21.5 Å². The number of fused-ring (bicyclic) bond motifs is 2. The Morgan fingerprint density at radius 1 is 1.03 bits per heavy atom. The molecule has 0 radical (unpaired) electrons. The van der Waals surface area contributed by atoms with Crippen molar-refractivity contribution in [3.63, 3.8) is 0 Å². The minimum Gasteiger partial charge on any atom is -0.489 e. The number of benzene rings is 3. The second-order valence-corrected chi connectivity index (χ2v) is 6.77. The van der Waals surface area contributed by atoms with Crippen LogP contribution in [0, 0.1) is 5.82 Å². The van der Waals surface area contributed by atoms with E-state index < -0.39 is 0 Å². The van der Waals surface area contributed by atoms with Gasteiger partial charge in [0.05, 0.1) is 5.56 Å². The summed E-state index contributed by atoms with van der Waals surface area (Å²) in [5.74, 6) is 0.714. The van der Waals surface area contributed by atoms with Gasteiger partial charge < -0.3 is 14.5 Å². The van der Waals surface area contributed by atoms with Gasteiger partial charge in [-0.2, -0.15) is 0 Å². The Morgan fingerprint density at radius 3 is 2.76 bits per heavy atom. The summed E-state index contributed by atoms with van der Waals surface area (Å²) in [4.78, 5) is 15.9. The monoisotopic (exact) mass is 385 g/mol. The highest BCUT2D eigenvalue weighted by Crippen LogP contribution is 2.35. The average Bonchev–Trinajstić information content (AvgIpc) is 3.29. The van der Waals surface area contributed by atoms with Crippen LogP contribution in [0.5, 0.6) is 11.5 Å². The van der Waals surface area contributed by atoms with Crippen molar-refractivity contribution in [1.29, 1.82) is 0 Å². The molecule has 0 spiro atoms. The van der Waals surface area contributed by atoms with Crippen molar-refractivity contribution in [1.82, 2.24) is 4.98 Å². The summed E-state index contributed by atoms with van der Waals surface area (Å²) < 4.78 is 25.2. The van der Waals surface area contributed by atoms with Gasteiger partial charge in [0.15, 0.2) is 5.76 Å². The van der Waals surface area contributed by atoms with Crippen LogP contribution >= 0.6 is 0 Å². The lowest BCUT2D eigenvalue weighted by molar-refractivity contribution is 0.101. The van der Waals surface area contributed by atoms with Crippen LogP contribution in [-0.2, 0) is 6.61 Å². The molecule has 1 aromatic heterocycles. The Bertz CT molecular complexity index is 1270. The van der Waals surface area contributed by atoms with Gasteiger partial charge in [-0.3, -0.25) is 4.79 Å². The first kappa shape index (κ1) is 17.3. The lowest BCUT2D eigenvalue weighted by Crippen LogP contribution is -1.98. The second-order valence-electron chi connectivity index (χ2n) is 6.77. The first-order valence-electron chi connectivity index (χ1n) is 9.20. The standard InChI is InChI=1S/C24H16FNO3/c25-20-7-3-1-5-15(20)14-28-17-9-10-19-22(12-17)29-23(24(19)27)11-16-13-26-21-8-4-2-6-18(16)21/h1-13,26H,14H2. The zero-order chi connectivity index (χ0) is 19.8. The van der Waals surface area contributed by atoms with E-state index in [9.17, 15) is 9.18 Å². The number of nitrogens with one attached hydrogen (secondary N) is 1. The Hall–Kier alpha value is -3.86. The van der Waals surface area contributed by atoms with Crippen LogP contribution in [0.4, 0.5) is 4.39 Å². The minimum absolute atomic E-state index is 0.0947. The molecule has 0 saturated carbocycles. The third-order valence-corrected chi connectivity index (χ3v) is 4.90. The van der Waals surface area contributed by atoms with Gasteiger partial charge >= 0.3 is 0 Å². The molecule has 0 amide bonds. The molecule has 29 heavy (non-hydrogen) atoms. The van der Waals surface area contributed by atoms with Gasteiger partial charge in [-0.1, -0.05) is 36.4 Å². The minimum atomic E-state index is -0.316. The lowest BCUT2D eigenvalue weighted by atomic mass is 10.1. The summed E-state index contributed by atoms with van der Waals surface area (Å²) in [7, 11) is 0. The molecule has 0 bridgehead atoms. The fourth-order valence-corrected chi connectivity index (χ4v) is 3.39. The third kappa shape index (κ3) is 3.17. The maximum atomic E-state index is 13.7. The Morgan fingerprint density at radius 2 is 1.86 bits per heavy atom. The number of aromatic amines is 1. The summed E-state index contributed by atoms with van der Waals surface area (Å²) in [6.07, 6.45) is 3.58. The van der Waals surface area contributed by atoms with E-state index in [1.807, 2.05) is 30.5 Å². The topological polar surface area (TPSA) is 51.3 Å². The fourth-order valence-electron chi connectivity index (χ4n) is 3.39. The molecule has 1 aliphatic heterocycles. The van der Waals surface area contributed by atoms with Crippen LogP contribution in [0.15, 0.2) is 78.7 Å². The number of aromatic nitrogens is 1. The van der Waals surface area contributed by atoms with E-state index in [-0.39, 0.29) is 24.0 Å². The summed E-state index contributed by atoms with van der Waals surface area (Å²) in [6, 6.07) is 19.3. The molecule has 142 valence electrons. The van der Waals surface area contributed by atoms with Crippen LogP contribution in [0.2, 0.25) is 0 Å². The smallest absolute Gasteiger partial charge is 0.231 e. The number of ketones is 1. The molecular weight excluding hydrogens is 369 g/mol. The van der Waals surface area contributed by atoms with E-state index in [4.69, 9.17) is 9.47 Å². The molecule has 5 rings (SSSR count). The quantitative estimate of drug-likeness (QED) is 0.472. The molecule has 0 unspecified atom stereocenters. The number of para-hydroxylation sites is 1. The van der Waals surface area contributed by atoms with E-state index in [2.05, 4.69) is 4.98 Å². The molecule has 1 aliphatic rings. The normalized spacial score (nSPS) is 14.2. The summed E-state index contributed by atoms with van der Waals surface area (Å²) in [6.45, 7) is 0.0947. The maximum Gasteiger partial charge on any atom is 0.231 e. The van der Waals surface area contributed by atoms with Gasteiger partial charge in [0.25, 0.3) is 0 Å². The van der Waals surface area contributed by atoms with Crippen molar-refractivity contribution >= 4 is 22.8 Å². The molecule has 1 N–H and O–H groups in total. The first-order valence-corrected chi connectivity index (χ1v) is 9.20. The molecule has 2 heterocycles. The number of allylic oxidation sites excluding steroid dienone is 1. The highest BCUT2D eigenvalue weighted by atomic mass is 19.1. The molecule has 4 nitrogen and oxygen atoms in total.